The highest BCUT2D eigenvalue weighted by Gasteiger charge is 2.47. The summed E-state index contributed by atoms with van der Waals surface area (Å²) in [7, 11) is 1.46. The average molecular weight is 436 g/mol. The Balaban J connectivity index is 1.48. The van der Waals surface area contributed by atoms with Crippen LogP contribution in [0.3, 0.4) is 0 Å². The van der Waals surface area contributed by atoms with Gasteiger partial charge in [-0.1, -0.05) is 114 Å². The highest BCUT2D eigenvalue weighted by molar-refractivity contribution is 7.56. The molecular formula is C29H26P2. The maximum Gasteiger partial charge on any atom is 0.0227 e. The Hall–Kier alpha value is -2.26. The molecule has 2 heteroatoms. The van der Waals surface area contributed by atoms with Crippen molar-refractivity contribution < 1.29 is 0 Å². The molecular weight excluding hydrogens is 410 g/mol. The molecule has 0 amide bonds. The van der Waals surface area contributed by atoms with Gasteiger partial charge in [-0.3, -0.25) is 0 Å². The van der Waals surface area contributed by atoms with Gasteiger partial charge in [0.2, 0.25) is 0 Å². The standard InChI is InChI=1S/C29H26P2/c1-3-11-23(12-4-1)30-25-15-7-9-21-17-19-29(27(21)25)20-18-22-10-8-16-26(28(22)29)31-24-13-5-2-6-14-24/h1-16,30-31H,17-20H2. The smallest absolute Gasteiger partial charge is 0.0227 e. The predicted octanol–water partition coefficient (Wildman–Crippen LogP) is 5.12. The average Bonchev–Trinajstić information content (AvgIpc) is 3.38. The van der Waals surface area contributed by atoms with E-state index >= 15 is 0 Å². The third-order valence-corrected chi connectivity index (χ3v) is 9.62. The maximum atomic E-state index is 2.40. The third kappa shape index (κ3) is 3.38. The fourth-order valence-corrected chi connectivity index (χ4v) is 8.50. The first-order valence-electron chi connectivity index (χ1n) is 11.2. The van der Waals surface area contributed by atoms with Gasteiger partial charge in [-0.15, -0.1) is 0 Å². The lowest BCUT2D eigenvalue weighted by Crippen LogP contribution is -2.31. The third-order valence-electron chi connectivity index (χ3n) is 7.01. The Kier molecular flexibility index (Phi) is 5.02. The minimum absolute atomic E-state index is 0.210. The van der Waals surface area contributed by atoms with Crippen molar-refractivity contribution in [3.05, 3.63) is 119 Å². The van der Waals surface area contributed by atoms with Crippen molar-refractivity contribution in [1.29, 1.82) is 0 Å². The Morgan fingerprint density at radius 2 is 0.935 bits per heavy atom. The zero-order valence-corrected chi connectivity index (χ0v) is 19.6. The van der Waals surface area contributed by atoms with E-state index < -0.39 is 0 Å². The van der Waals surface area contributed by atoms with Crippen LogP contribution in [0.1, 0.15) is 35.1 Å². The van der Waals surface area contributed by atoms with Crippen LogP contribution in [0.5, 0.6) is 0 Å². The van der Waals surface area contributed by atoms with Crippen LogP contribution in [0.25, 0.3) is 0 Å². The second-order valence-electron chi connectivity index (χ2n) is 8.74. The SMILES string of the molecule is c1ccc(Pc2cccc3c2C2(CC3)CCc3cccc(Pc4ccccc4)c32)cc1. The number of fused-ring (bicyclic) bond motifs is 4. The summed E-state index contributed by atoms with van der Waals surface area (Å²) in [5, 5.41) is 6.00. The van der Waals surface area contributed by atoms with Crippen LogP contribution >= 0.6 is 17.2 Å². The van der Waals surface area contributed by atoms with Crippen LogP contribution in [0.4, 0.5) is 0 Å². The Labute approximate surface area is 188 Å². The van der Waals surface area contributed by atoms with Gasteiger partial charge in [0.25, 0.3) is 0 Å². The molecule has 0 aromatic heterocycles. The van der Waals surface area contributed by atoms with Crippen molar-refractivity contribution in [2.75, 3.05) is 0 Å². The minimum atomic E-state index is 0.210. The molecule has 2 aliphatic carbocycles. The summed E-state index contributed by atoms with van der Waals surface area (Å²) in [4.78, 5) is 0. The Morgan fingerprint density at radius 1 is 0.484 bits per heavy atom. The molecule has 1 spiro atoms. The summed E-state index contributed by atoms with van der Waals surface area (Å²) in [5.74, 6) is 0. The number of benzene rings is 4. The Bertz CT molecular complexity index is 1130. The van der Waals surface area contributed by atoms with E-state index in [9.17, 15) is 0 Å². The van der Waals surface area contributed by atoms with Crippen molar-refractivity contribution in [2.45, 2.75) is 31.1 Å². The number of rotatable bonds is 4. The molecule has 0 heterocycles. The molecule has 0 aliphatic heterocycles. The van der Waals surface area contributed by atoms with Crippen molar-refractivity contribution in [2.24, 2.45) is 0 Å². The summed E-state index contributed by atoms with van der Waals surface area (Å²) in [6.45, 7) is 0. The van der Waals surface area contributed by atoms with Gasteiger partial charge in [-0.25, -0.2) is 0 Å². The lowest BCUT2D eigenvalue weighted by molar-refractivity contribution is 0.512. The van der Waals surface area contributed by atoms with E-state index in [1.807, 2.05) is 0 Å². The lowest BCUT2D eigenvalue weighted by atomic mass is 9.76. The van der Waals surface area contributed by atoms with Gasteiger partial charge >= 0.3 is 0 Å². The molecule has 0 nitrogen and oxygen atoms in total. The topological polar surface area (TPSA) is 0 Å². The van der Waals surface area contributed by atoms with Gasteiger partial charge in [-0.05, 0) is 69.2 Å². The van der Waals surface area contributed by atoms with Crippen LogP contribution < -0.4 is 21.2 Å². The summed E-state index contributed by atoms with van der Waals surface area (Å²) in [5.41, 5.74) is 6.72. The van der Waals surface area contributed by atoms with E-state index in [2.05, 4.69) is 97.1 Å². The largest absolute Gasteiger partial charge is 0.0622 e. The molecule has 0 saturated heterocycles. The Morgan fingerprint density at radius 3 is 1.39 bits per heavy atom. The molecule has 2 aliphatic rings. The summed E-state index contributed by atoms with van der Waals surface area (Å²) < 4.78 is 0. The minimum Gasteiger partial charge on any atom is -0.0622 e. The van der Waals surface area contributed by atoms with Crippen LogP contribution in [0.15, 0.2) is 97.1 Å². The van der Waals surface area contributed by atoms with E-state index in [0.717, 1.165) is 17.2 Å². The van der Waals surface area contributed by atoms with Gasteiger partial charge in [-0.2, -0.15) is 0 Å². The molecule has 6 rings (SSSR count). The molecule has 0 fully saturated rings. The fraction of sp³-hybridized carbons (Fsp3) is 0.172. The zero-order valence-electron chi connectivity index (χ0n) is 17.6. The molecule has 0 bridgehead atoms. The van der Waals surface area contributed by atoms with Crippen LogP contribution in [-0.2, 0) is 18.3 Å². The van der Waals surface area contributed by atoms with Gasteiger partial charge in [0.15, 0.2) is 0 Å². The van der Waals surface area contributed by atoms with Crippen LogP contribution in [-0.4, -0.2) is 0 Å². The van der Waals surface area contributed by atoms with Gasteiger partial charge in [0, 0.05) is 5.41 Å². The van der Waals surface area contributed by atoms with E-state index in [-0.39, 0.29) is 5.41 Å². The van der Waals surface area contributed by atoms with Crippen molar-refractivity contribution >= 4 is 38.4 Å². The zero-order chi connectivity index (χ0) is 20.7. The van der Waals surface area contributed by atoms with Crippen molar-refractivity contribution in [3.63, 3.8) is 0 Å². The summed E-state index contributed by atoms with van der Waals surface area (Å²) >= 11 is 0. The molecule has 31 heavy (non-hydrogen) atoms. The molecule has 4 aromatic carbocycles. The van der Waals surface area contributed by atoms with E-state index in [0.29, 0.717) is 0 Å². The quantitative estimate of drug-likeness (QED) is 0.390. The first kappa shape index (κ1) is 19.4. The summed E-state index contributed by atoms with van der Waals surface area (Å²) in [6.07, 6.45) is 4.96. The van der Waals surface area contributed by atoms with E-state index in [1.54, 1.807) is 32.9 Å². The van der Waals surface area contributed by atoms with E-state index in [1.165, 1.54) is 36.3 Å². The first-order chi connectivity index (χ1) is 15.3. The number of aryl methyl sites for hydroxylation is 2. The molecule has 4 aromatic rings. The van der Waals surface area contributed by atoms with Crippen LogP contribution in [0, 0.1) is 0 Å². The van der Waals surface area contributed by atoms with Gasteiger partial charge < -0.3 is 0 Å². The monoisotopic (exact) mass is 436 g/mol. The summed E-state index contributed by atoms with van der Waals surface area (Å²) in [6, 6.07) is 36.2. The highest BCUT2D eigenvalue weighted by atomic mass is 31.1. The molecule has 0 saturated carbocycles. The van der Waals surface area contributed by atoms with Crippen molar-refractivity contribution in [3.8, 4) is 0 Å². The number of hydrogen-bond donors (Lipinski definition) is 0. The molecule has 2 unspecified atom stereocenters. The highest BCUT2D eigenvalue weighted by Crippen LogP contribution is 2.52. The predicted molar refractivity (Wildman–Crippen MR) is 138 cm³/mol. The van der Waals surface area contributed by atoms with E-state index in [4.69, 9.17) is 0 Å². The fourth-order valence-electron chi connectivity index (χ4n) is 5.76. The normalized spacial score (nSPS) is 19.6. The molecule has 0 N–H and O–H groups in total. The molecule has 2 atom stereocenters. The lowest BCUT2D eigenvalue weighted by Gasteiger charge is -2.31. The maximum absolute atomic E-state index is 2.40. The number of hydrogen-bond acceptors (Lipinski definition) is 0. The first-order valence-corrected chi connectivity index (χ1v) is 13.2. The molecule has 152 valence electrons. The van der Waals surface area contributed by atoms with Crippen molar-refractivity contribution in [1.82, 2.24) is 0 Å². The van der Waals surface area contributed by atoms with Gasteiger partial charge in [0.1, 0.15) is 0 Å². The van der Waals surface area contributed by atoms with Crippen LogP contribution in [0.2, 0.25) is 0 Å². The second kappa shape index (κ2) is 8.02. The molecule has 0 radical (unpaired) electrons. The second-order valence-corrected chi connectivity index (χ2v) is 11.5. The van der Waals surface area contributed by atoms with Gasteiger partial charge in [0.05, 0.1) is 0 Å².